The maximum Gasteiger partial charge on any atom is 0.323 e. The lowest BCUT2D eigenvalue weighted by molar-refractivity contribution is 0.262. The quantitative estimate of drug-likeness (QED) is 0.220. The summed E-state index contributed by atoms with van der Waals surface area (Å²) in [5.41, 5.74) is 11.7. The topological polar surface area (TPSA) is 126 Å². The van der Waals surface area contributed by atoms with E-state index in [0.29, 0.717) is 22.9 Å². The van der Waals surface area contributed by atoms with Crippen LogP contribution >= 0.6 is 0 Å². The first kappa shape index (κ1) is 26.3. The number of nitrogens with two attached hydrogens (primary N) is 1. The van der Waals surface area contributed by atoms with E-state index in [9.17, 15) is 9.18 Å². The van der Waals surface area contributed by atoms with Crippen molar-refractivity contribution in [2.45, 2.75) is 13.0 Å². The number of amides is 2. The number of rotatable bonds is 7. The third-order valence-electron chi connectivity index (χ3n) is 7.24. The van der Waals surface area contributed by atoms with Crippen molar-refractivity contribution in [2.24, 2.45) is 11.7 Å². The molecule has 1 aliphatic rings. The number of halogens is 1. The second-order valence-electron chi connectivity index (χ2n) is 10.0. The summed E-state index contributed by atoms with van der Waals surface area (Å²) in [6.45, 7) is 5.95. The first-order chi connectivity index (χ1) is 18.8. The van der Waals surface area contributed by atoms with Gasteiger partial charge in [-0.05, 0) is 67.2 Å². The van der Waals surface area contributed by atoms with Crippen LogP contribution in [0.15, 0.2) is 66.7 Å². The van der Waals surface area contributed by atoms with E-state index in [-0.39, 0.29) is 11.7 Å². The van der Waals surface area contributed by atoms with Gasteiger partial charge in [-0.3, -0.25) is 0 Å². The van der Waals surface area contributed by atoms with Crippen LogP contribution in [0, 0.1) is 17.1 Å². The third-order valence-corrected chi connectivity index (χ3v) is 7.24. The minimum absolute atomic E-state index is 0.303. The van der Waals surface area contributed by atoms with E-state index in [1.165, 1.54) is 24.3 Å². The molecule has 0 saturated carbocycles. The Hall–Kier alpha value is -4.28. The number of carbonyl (C=O) groups excluding carboxylic acids is 1. The molecule has 1 saturated heterocycles. The highest BCUT2D eigenvalue weighted by Crippen LogP contribution is 2.26. The summed E-state index contributed by atoms with van der Waals surface area (Å²) < 4.78 is 13.1. The molecular weight excluding hydrogens is 495 g/mol. The largest absolute Gasteiger partial charge is 0.369 e. The number of likely N-dealkylation sites (N-methyl/N-ethyl adjacent to an activating group) is 1. The number of aromatic nitrogens is 2. The maximum absolute atomic E-state index is 13.1. The van der Waals surface area contributed by atoms with Crippen molar-refractivity contribution in [1.82, 2.24) is 14.9 Å². The number of hydrogen-bond acceptors (Lipinski definition) is 6. The highest BCUT2D eigenvalue weighted by Gasteiger charge is 2.23. The van der Waals surface area contributed by atoms with Gasteiger partial charge in [-0.25, -0.2) is 14.2 Å². The second-order valence-corrected chi connectivity index (χ2v) is 10.0. The van der Waals surface area contributed by atoms with E-state index >= 15 is 0 Å². The zero-order valence-electron chi connectivity index (χ0n) is 22.0. The number of urea groups is 1. The highest BCUT2D eigenvalue weighted by molar-refractivity contribution is 6.00. The number of nitrogens with one attached hydrogen (secondary N) is 4. The zero-order chi connectivity index (χ0) is 27.5. The molecule has 2 unspecified atom stereocenters. The number of piperazine rings is 1. The molecule has 0 aliphatic carbocycles. The zero-order valence-corrected chi connectivity index (χ0v) is 22.0. The monoisotopic (exact) mass is 528 g/mol. The molecule has 3 aromatic carbocycles. The van der Waals surface area contributed by atoms with Crippen molar-refractivity contribution < 1.29 is 9.18 Å². The molecule has 0 bridgehead atoms. The van der Waals surface area contributed by atoms with Crippen molar-refractivity contribution in [3.63, 3.8) is 0 Å². The number of H-pyrrole nitrogens is 1. The first-order valence-corrected chi connectivity index (χ1v) is 13.0. The molecule has 9 nitrogen and oxygen atoms in total. The number of benzene rings is 3. The van der Waals surface area contributed by atoms with Crippen LogP contribution in [0.5, 0.6) is 0 Å². The normalized spacial score (nSPS) is 15.6. The SMILES string of the molecule is CC(C(=N)c1nc2ccc(N3CCN(C)CC3)cc2[nH]1)C(N)c1ccc(NC(=O)Nc2ccc(F)cc2)cc1. The Balaban J connectivity index is 1.21. The second kappa shape index (κ2) is 11.2. The molecule has 202 valence electrons. The van der Waals surface area contributed by atoms with E-state index in [1.54, 1.807) is 12.1 Å². The smallest absolute Gasteiger partial charge is 0.323 e. The van der Waals surface area contributed by atoms with Gasteiger partial charge in [0, 0.05) is 55.2 Å². The van der Waals surface area contributed by atoms with Gasteiger partial charge in [-0.15, -0.1) is 0 Å². The molecule has 1 fully saturated rings. The van der Waals surface area contributed by atoms with Crippen molar-refractivity contribution in [3.05, 3.63) is 83.9 Å². The molecule has 0 spiro atoms. The summed E-state index contributed by atoms with van der Waals surface area (Å²) in [6, 6.07) is 18.0. The van der Waals surface area contributed by atoms with E-state index in [2.05, 4.69) is 49.6 Å². The summed E-state index contributed by atoms with van der Waals surface area (Å²) in [7, 11) is 2.14. The summed E-state index contributed by atoms with van der Waals surface area (Å²) in [6.07, 6.45) is 0. The average Bonchev–Trinajstić information content (AvgIpc) is 3.37. The van der Waals surface area contributed by atoms with Crippen LogP contribution in [0.2, 0.25) is 0 Å². The van der Waals surface area contributed by atoms with E-state index in [1.807, 2.05) is 25.1 Å². The van der Waals surface area contributed by atoms with E-state index in [4.69, 9.17) is 11.1 Å². The van der Waals surface area contributed by atoms with Gasteiger partial charge in [0.15, 0.2) is 5.82 Å². The van der Waals surface area contributed by atoms with Crippen LogP contribution < -0.4 is 21.3 Å². The number of imidazole rings is 1. The van der Waals surface area contributed by atoms with Gasteiger partial charge in [0.2, 0.25) is 0 Å². The number of aromatic amines is 1. The van der Waals surface area contributed by atoms with Gasteiger partial charge in [0.25, 0.3) is 0 Å². The molecule has 2 heterocycles. The third kappa shape index (κ3) is 6.08. The van der Waals surface area contributed by atoms with Gasteiger partial charge in [0.05, 0.1) is 16.7 Å². The van der Waals surface area contributed by atoms with Crippen LogP contribution in [-0.2, 0) is 0 Å². The Morgan fingerprint density at radius 3 is 2.26 bits per heavy atom. The minimum atomic E-state index is -0.436. The van der Waals surface area contributed by atoms with E-state index < -0.39 is 12.1 Å². The number of fused-ring (bicyclic) bond motifs is 1. The predicted octanol–water partition coefficient (Wildman–Crippen LogP) is 4.80. The molecule has 2 amide bonds. The minimum Gasteiger partial charge on any atom is -0.369 e. The van der Waals surface area contributed by atoms with Gasteiger partial charge >= 0.3 is 6.03 Å². The summed E-state index contributed by atoms with van der Waals surface area (Å²) in [4.78, 5) is 24.9. The van der Waals surface area contributed by atoms with Crippen molar-refractivity contribution in [3.8, 4) is 0 Å². The molecule has 39 heavy (non-hydrogen) atoms. The molecule has 2 atom stereocenters. The fourth-order valence-corrected chi connectivity index (χ4v) is 4.69. The molecular formula is C29H33FN8O. The number of carbonyl (C=O) groups is 1. The molecule has 5 rings (SSSR count). The van der Waals surface area contributed by atoms with Crippen molar-refractivity contribution in [1.29, 1.82) is 5.41 Å². The molecule has 1 aromatic heterocycles. The molecule has 10 heteroatoms. The summed E-state index contributed by atoms with van der Waals surface area (Å²) >= 11 is 0. The van der Waals surface area contributed by atoms with Gasteiger partial charge < -0.3 is 36.6 Å². The average molecular weight is 529 g/mol. The standard InChI is InChI=1S/C29H33FN8O/c1-18(26(31)19-3-7-21(8-4-19)33-29(39)34-22-9-5-20(30)6-10-22)27(32)28-35-24-12-11-23(17-25(24)36-28)38-15-13-37(2)14-16-38/h3-12,17-18,26,32H,13-16,31H2,1-2H3,(H,35,36)(H2,33,34,39). The number of nitrogens with zero attached hydrogens (tertiary/aromatic N) is 3. The van der Waals surface area contributed by atoms with Crippen LogP contribution in [0.25, 0.3) is 11.0 Å². The number of hydrogen-bond donors (Lipinski definition) is 5. The van der Waals surface area contributed by atoms with Gasteiger partial charge in [-0.2, -0.15) is 0 Å². The van der Waals surface area contributed by atoms with Crippen LogP contribution in [0.1, 0.15) is 24.4 Å². The Morgan fingerprint density at radius 1 is 1.00 bits per heavy atom. The predicted molar refractivity (Wildman–Crippen MR) is 154 cm³/mol. The van der Waals surface area contributed by atoms with Crippen molar-refractivity contribution >= 4 is 39.8 Å². The summed E-state index contributed by atoms with van der Waals surface area (Å²) in [5, 5.41) is 14.2. The summed E-state index contributed by atoms with van der Waals surface area (Å²) in [5.74, 6) is -0.159. The van der Waals surface area contributed by atoms with Crippen molar-refractivity contribution in [2.75, 3.05) is 48.8 Å². The molecule has 1 aliphatic heterocycles. The molecule has 0 radical (unpaired) electrons. The lowest BCUT2D eigenvalue weighted by Crippen LogP contribution is -2.44. The van der Waals surface area contributed by atoms with Crippen LogP contribution in [0.3, 0.4) is 0 Å². The van der Waals surface area contributed by atoms with Gasteiger partial charge in [-0.1, -0.05) is 19.1 Å². The lowest BCUT2D eigenvalue weighted by atomic mass is 9.91. The van der Waals surface area contributed by atoms with E-state index in [0.717, 1.165) is 48.5 Å². The van der Waals surface area contributed by atoms with Crippen LogP contribution in [0.4, 0.5) is 26.2 Å². The maximum atomic E-state index is 13.1. The fraction of sp³-hybridized carbons (Fsp3) is 0.276. The first-order valence-electron chi connectivity index (χ1n) is 13.0. The Bertz CT molecular complexity index is 1460. The van der Waals surface area contributed by atoms with Crippen LogP contribution in [-0.4, -0.2) is 59.8 Å². The molecule has 6 N–H and O–H groups in total. The van der Waals surface area contributed by atoms with Gasteiger partial charge in [0.1, 0.15) is 5.82 Å². The highest BCUT2D eigenvalue weighted by atomic mass is 19.1. The Kier molecular flexibility index (Phi) is 7.58. The lowest BCUT2D eigenvalue weighted by Gasteiger charge is -2.34. The Morgan fingerprint density at radius 2 is 1.62 bits per heavy atom. The fourth-order valence-electron chi connectivity index (χ4n) is 4.69. The Labute approximate surface area is 226 Å². The number of anilines is 3. The molecule has 4 aromatic rings.